The Bertz CT molecular complexity index is 556. The van der Waals surface area contributed by atoms with Crippen molar-refractivity contribution in [1.82, 2.24) is 15.2 Å². The predicted octanol–water partition coefficient (Wildman–Crippen LogP) is 6.10. The molecule has 0 aliphatic heterocycles. The number of rotatable bonds is 14. The Morgan fingerprint density at radius 3 is 1.74 bits per heavy atom. The molecule has 0 saturated heterocycles. The van der Waals surface area contributed by atoms with E-state index in [1.165, 1.54) is 89.9 Å². The minimum Gasteiger partial charge on any atom is -0.410 e. The summed E-state index contributed by atoms with van der Waals surface area (Å²) >= 11 is 0. The number of hydrogen-bond donors (Lipinski definition) is 2. The molecule has 2 rings (SSSR count). The van der Waals surface area contributed by atoms with Crippen LogP contribution in [0.5, 0.6) is 0 Å². The third-order valence-corrected chi connectivity index (χ3v) is 4.89. The number of nitrogens with two attached hydrogens (primary N) is 1. The van der Waals surface area contributed by atoms with Gasteiger partial charge in [-0.2, -0.15) is 0 Å². The van der Waals surface area contributed by atoms with Crippen LogP contribution >= 0.6 is 0 Å². The van der Waals surface area contributed by atoms with Gasteiger partial charge in [-0.3, -0.25) is 0 Å². The van der Waals surface area contributed by atoms with Gasteiger partial charge in [-0.15, -0.1) is 5.10 Å². The number of benzene rings is 1. The van der Waals surface area contributed by atoms with E-state index in [1.54, 1.807) is 12.1 Å². The summed E-state index contributed by atoms with van der Waals surface area (Å²) < 4.78 is 0. The first kappa shape index (κ1) is 23.4. The summed E-state index contributed by atoms with van der Waals surface area (Å²) in [6.45, 7) is 3.16. The lowest BCUT2D eigenvalue weighted by molar-refractivity contribution is 0.155. The first-order valence-corrected chi connectivity index (χ1v) is 11.0. The number of hydrogen-bond acceptors (Lipinski definition) is 4. The molecule has 0 aliphatic rings. The zero-order valence-electron chi connectivity index (χ0n) is 17.3. The highest BCUT2D eigenvalue weighted by Crippen LogP contribution is 2.12. The number of fused-ring (bicyclic) bond motifs is 1. The van der Waals surface area contributed by atoms with Crippen molar-refractivity contribution >= 4 is 11.0 Å². The zero-order valence-corrected chi connectivity index (χ0v) is 17.3. The number of aromatic nitrogens is 3. The molecule has 0 unspecified atom stereocenters. The van der Waals surface area contributed by atoms with E-state index in [4.69, 9.17) is 10.9 Å². The largest absolute Gasteiger partial charge is 0.410 e. The van der Waals surface area contributed by atoms with E-state index in [0.717, 1.165) is 11.4 Å². The Morgan fingerprint density at radius 1 is 0.778 bits per heavy atom. The minimum atomic E-state index is 0.627. The smallest absolute Gasteiger partial charge is 0.130 e. The Labute approximate surface area is 165 Å². The van der Waals surface area contributed by atoms with Gasteiger partial charge in [-0.25, -0.2) is 0 Å². The molecule has 0 aliphatic carbocycles. The molecule has 1 aromatic heterocycles. The van der Waals surface area contributed by atoms with E-state index >= 15 is 0 Å². The van der Waals surface area contributed by atoms with E-state index in [1.807, 2.05) is 12.1 Å². The molecule has 5 nitrogen and oxygen atoms in total. The molecule has 1 heterocycles. The Kier molecular flexibility index (Phi) is 14.4. The summed E-state index contributed by atoms with van der Waals surface area (Å²) in [7, 11) is 0. The quantitative estimate of drug-likeness (QED) is 0.309. The van der Waals surface area contributed by atoms with Crippen LogP contribution in [0.1, 0.15) is 96.8 Å². The second-order valence-electron chi connectivity index (χ2n) is 7.35. The molecule has 0 fully saturated rings. The highest BCUT2D eigenvalue weighted by Gasteiger charge is 1.98. The van der Waals surface area contributed by atoms with Gasteiger partial charge in [0.05, 0.1) is 0 Å². The van der Waals surface area contributed by atoms with Crippen molar-refractivity contribution in [2.45, 2.75) is 96.8 Å². The van der Waals surface area contributed by atoms with Crippen LogP contribution < -0.4 is 5.73 Å². The SMILES string of the molecule is CCCCCCCCCCCCCCCCN.On1nnc2ccccc21. The van der Waals surface area contributed by atoms with Crippen molar-refractivity contribution in [3.63, 3.8) is 0 Å². The zero-order chi connectivity index (χ0) is 19.6. The molecule has 1 aromatic carbocycles. The van der Waals surface area contributed by atoms with Gasteiger partial charge in [0.25, 0.3) is 0 Å². The minimum absolute atomic E-state index is 0.627. The Hall–Kier alpha value is -1.62. The van der Waals surface area contributed by atoms with E-state index in [0.29, 0.717) is 11.0 Å². The molecule has 2 aromatic rings. The molecule has 0 atom stereocenters. The fourth-order valence-electron chi connectivity index (χ4n) is 3.20. The standard InChI is InChI=1S/C16H35N.C6H5N3O/c1-2-3-4-5-6-7-8-9-10-11-12-13-14-15-16-17;10-9-6-4-2-1-3-5(6)7-8-9/h2-17H2,1H3;1-4,10H. The molecular weight excluding hydrogens is 336 g/mol. The third-order valence-electron chi connectivity index (χ3n) is 4.89. The molecule has 3 N–H and O–H groups in total. The highest BCUT2D eigenvalue weighted by atomic mass is 16.5. The van der Waals surface area contributed by atoms with Crippen LogP contribution in [0, 0.1) is 0 Å². The van der Waals surface area contributed by atoms with Crippen LogP contribution in [0.4, 0.5) is 0 Å². The van der Waals surface area contributed by atoms with E-state index < -0.39 is 0 Å². The third kappa shape index (κ3) is 11.6. The average Bonchev–Trinajstić information content (AvgIpc) is 3.07. The summed E-state index contributed by atoms with van der Waals surface area (Å²) in [6, 6.07) is 7.19. The molecule has 5 heteroatoms. The second kappa shape index (κ2) is 16.5. The van der Waals surface area contributed by atoms with Gasteiger partial charge in [0.2, 0.25) is 0 Å². The first-order valence-electron chi connectivity index (χ1n) is 11.0. The topological polar surface area (TPSA) is 77.0 Å². The summed E-state index contributed by atoms with van der Waals surface area (Å²) in [5.74, 6) is 0. The number of unbranched alkanes of at least 4 members (excludes halogenated alkanes) is 13. The molecule has 0 spiro atoms. The fraction of sp³-hybridized carbons (Fsp3) is 0.727. The number of nitrogens with zero attached hydrogens (tertiary/aromatic N) is 3. The van der Waals surface area contributed by atoms with E-state index in [-0.39, 0.29) is 0 Å². The van der Waals surface area contributed by atoms with E-state index in [2.05, 4.69) is 17.2 Å². The molecule has 0 radical (unpaired) electrons. The lowest BCUT2D eigenvalue weighted by atomic mass is 10.0. The molecular formula is C22H40N4O. The predicted molar refractivity (Wildman–Crippen MR) is 114 cm³/mol. The van der Waals surface area contributed by atoms with E-state index in [9.17, 15) is 0 Å². The van der Waals surface area contributed by atoms with Crippen molar-refractivity contribution in [3.05, 3.63) is 24.3 Å². The van der Waals surface area contributed by atoms with Gasteiger partial charge in [0, 0.05) is 0 Å². The Morgan fingerprint density at radius 2 is 1.26 bits per heavy atom. The average molecular weight is 377 g/mol. The highest BCUT2D eigenvalue weighted by molar-refractivity contribution is 5.73. The lowest BCUT2D eigenvalue weighted by Gasteiger charge is -2.02. The molecule has 27 heavy (non-hydrogen) atoms. The maximum atomic E-state index is 8.95. The summed E-state index contributed by atoms with van der Waals surface area (Å²) in [4.78, 5) is 0.759. The maximum absolute atomic E-state index is 8.95. The summed E-state index contributed by atoms with van der Waals surface area (Å²) in [6.07, 6.45) is 19.9. The number of para-hydroxylation sites is 1. The van der Waals surface area contributed by atoms with Crippen LogP contribution in [-0.2, 0) is 0 Å². The van der Waals surface area contributed by atoms with Gasteiger partial charge in [0.1, 0.15) is 11.0 Å². The van der Waals surface area contributed by atoms with Crippen LogP contribution in [0.2, 0.25) is 0 Å². The lowest BCUT2D eigenvalue weighted by Crippen LogP contribution is -1.97. The maximum Gasteiger partial charge on any atom is 0.130 e. The van der Waals surface area contributed by atoms with Crippen LogP contribution in [0.25, 0.3) is 11.0 Å². The van der Waals surface area contributed by atoms with Crippen LogP contribution in [0.15, 0.2) is 24.3 Å². The first-order chi connectivity index (χ1) is 13.3. The molecule has 154 valence electrons. The van der Waals surface area contributed by atoms with Gasteiger partial charge in [-0.1, -0.05) is 107 Å². The van der Waals surface area contributed by atoms with Gasteiger partial charge >= 0.3 is 0 Å². The van der Waals surface area contributed by atoms with Crippen molar-refractivity contribution in [2.75, 3.05) is 6.54 Å². The molecule has 0 amide bonds. The van der Waals surface area contributed by atoms with Crippen LogP contribution in [-0.4, -0.2) is 26.9 Å². The monoisotopic (exact) mass is 376 g/mol. The van der Waals surface area contributed by atoms with Crippen molar-refractivity contribution < 1.29 is 5.21 Å². The van der Waals surface area contributed by atoms with Crippen molar-refractivity contribution in [2.24, 2.45) is 5.73 Å². The van der Waals surface area contributed by atoms with Crippen molar-refractivity contribution in [1.29, 1.82) is 0 Å². The summed E-state index contributed by atoms with van der Waals surface area (Å²) in [5.41, 5.74) is 6.79. The Balaban J connectivity index is 0.000000303. The van der Waals surface area contributed by atoms with Gasteiger partial charge < -0.3 is 10.9 Å². The van der Waals surface area contributed by atoms with Gasteiger partial charge in [0.15, 0.2) is 0 Å². The van der Waals surface area contributed by atoms with Crippen molar-refractivity contribution in [3.8, 4) is 0 Å². The normalized spacial score (nSPS) is 10.7. The summed E-state index contributed by atoms with van der Waals surface area (Å²) in [5, 5.41) is 16.1. The van der Waals surface area contributed by atoms with Crippen LogP contribution in [0.3, 0.4) is 0 Å². The molecule has 0 saturated carbocycles. The van der Waals surface area contributed by atoms with Gasteiger partial charge in [-0.05, 0) is 30.3 Å². The fourth-order valence-corrected chi connectivity index (χ4v) is 3.20. The molecule has 0 bridgehead atoms. The second-order valence-corrected chi connectivity index (χ2v) is 7.35.